The van der Waals surface area contributed by atoms with Crippen LogP contribution in [-0.4, -0.2) is 17.9 Å². The molecule has 0 N–H and O–H groups in total. The molecule has 1 saturated heterocycles. The Morgan fingerprint density at radius 3 is 2.24 bits per heavy atom. The van der Waals surface area contributed by atoms with Gasteiger partial charge < -0.3 is 4.90 Å². The van der Waals surface area contributed by atoms with Gasteiger partial charge in [0.15, 0.2) is 5.78 Å². The van der Waals surface area contributed by atoms with Gasteiger partial charge in [0.05, 0.1) is 6.04 Å². The van der Waals surface area contributed by atoms with Crippen molar-refractivity contribution in [1.82, 2.24) is 0 Å². The van der Waals surface area contributed by atoms with Gasteiger partial charge in [0, 0.05) is 28.1 Å². The highest BCUT2D eigenvalue weighted by atomic mass is 35.5. The summed E-state index contributed by atoms with van der Waals surface area (Å²) < 4.78 is 0. The van der Waals surface area contributed by atoms with E-state index in [9.17, 15) is 15.3 Å². The third-order valence-electron chi connectivity index (χ3n) is 7.87. The van der Waals surface area contributed by atoms with Crippen LogP contribution in [0.4, 0.5) is 5.69 Å². The third kappa shape index (κ3) is 3.95. The Hall–Kier alpha value is -4.12. The Morgan fingerprint density at radius 2 is 1.57 bits per heavy atom. The van der Waals surface area contributed by atoms with Crippen LogP contribution in [0.25, 0.3) is 6.08 Å². The highest BCUT2D eigenvalue weighted by molar-refractivity contribution is 6.30. The van der Waals surface area contributed by atoms with Crippen LogP contribution in [-0.2, 0) is 0 Å². The number of fused-ring (bicyclic) bond motifs is 3. The lowest BCUT2D eigenvalue weighted by atomic mass is 9.73. The molecule has 2 heterocycles. The number of ketones is 1. The standard InChI is InChI=1S/C32H24ClN3O/c33-25-15-12-23(13-16-25)32(37)31-29(21-7-2-1-3-8-21)30(28(22-10-11-22)24(18-34)19-35)27-17-14-20-6-4-5-9-26(20)36(27)31/h1-9,12-17,22,27,29-31H,10-11H2. The van der Waals surface area contributed by atoms with Gasteiger partial charge in [-0.1, -0.05) is 72.3 Å². The predicted molar refractivity (Wildman–Crippen MR) is 145 cm³/mol. The van der Waals surface area contributed by atoms with E-state index in [0.29, 0.717) is 10.6 Å². The zero-order chi connectivity index (χ0) is 25.5. The number of nitrogens with zero attached hydrogens (tertiary/aromatic N) is 3. The Balaban J connectivity index is 1.62. The molecule has 0 amide bonds. The van der Waals surface area contributed by atoms with Crippen LogP contribution in [0, 0.1) is 34.5 Å². The molecule has 3 aromatic rings. The molecule has 3 aliphatic rings. The molecule has 180 valence electrons. The summed E-state index contributed by atoms with van der Waals surface area (Å²) in [6.45, 7) is 0. The van der Waals surface area contributed by atoms with E-state index in [1.165, 1.54) is 0 Å². The van der Waals surface area contributed by atoms with Crippen molar-refractivity contribution in [2.24, 2.45) is 11.8 Å². The van der Waals surface area contributed by atoms with E-state index in [2.05, 4.69) is 53.5 Å². The third-order valence-corrected chi connectivity index (χ3v) is 8.13. The van der Waals surface area contributed by atoms with E-state index < -0.39 is 6.04 Å². The lowest BCUT2D eigenvalue weighted by Crippen LogP contribution is -2.43. The molecule has 0 aromatic heterocycles. The maximum atomic E-state index is 14.4. The number of para-hydroxylation sites is 1. The zero-order valence-electron chi connectivity index (χ0n) is 20.1. The van der Waals surface area contributed by atoms with Crippen LogP contribution < -0.4 is 4.90 Å². The van der Waals surface area contributed by atoms with Gasteiger partial charge in [0.1, 0.15) is 23.8 Å². The summed E-state index contributed by atoms with van der Waals surface area (Å²) in [4.78, 5) is 16.7. The first-order valence-corrected chi connectivity index (χ1v) is 12.9. The Bertz CT molecular complexity index is 1490. The van der Waals surface area contributed by atoms with Gasteiger partial charge in [-0.05, 0) is 65.8 Å². The number of rotatable bonds is 5. The molecule has 6 rings (SSSR count). The van der Waals surface area contributed by atoms with E-state index in [4.69, 9.17) is 11.6 Å². The SMILES string of the molecule is N#CC(C#N)=C(C1CC1)C1C(c2ccccc2)C(C(=O)c2ccc(Cl)cc2)N2c3ccccc3C=CC12. The average Bonchev–Trinajstić information content (AvgIpc) is 3.72. The summed E-state index contributed by atoms with van der Waals surface area (Å²) >= 11 is 6.15. The minimum absolute atomic E-state index is 0.00809. The zero-order valence-corrected chi connectivity index (χ0v) is 20.8. The Labute approximate surface area is 221 Å². The minimum Gasteiger partial charge on any atom is -0.353 e. The fourth-order valence-electron chi connectivity index (χ4n) is 6.24. The van der Waals surface area contributed by atoms with Crippen LogP contribution in [0.3, 0.4) is 0 Å². The largest absolute Gasteiger partial charge is 0.353 e. The maximum absolute atomic E-state index is 14.4. The van der Waals surface area contributed by atoms with Crippen molar-refractivity contribution in [3.05, 3.63) is 118 Å². The minimum atomic E-state index is -0.517. The highest BCUT2D eigenvalue weighted by Gasteiger charge is 2.56. The second-order valence-corrected chi connectivity index (χ2v) is 10.4. The van der Waals surface area contributed by atoms with Crippen LogP contribution in [0.1, 0.15) is 40.2 Å². The number of Topliss-reactive ketones (excluding diaryl/α,β-unsaturated/α-hetero) is 1. The number of hydrogen-bond donors (Lipinski definition) is 0. The van der Waals surface area contributed by atoms with Crippen molar-refractivity contribution in [1.29, 1.82) is 10.5 Å². The van der Waals surface area contributed by atoms with E-state index in [-0.39, 0.29) is 35.2 Å². The molecule has 0 bridgehead atoms. The summed E-state index contributed by atoms with van der Waals surface area (Å²) in [5, 5.41) is 20.5. The lowest BCUT2D eigenvalue weighted by Gasteiger charge is -2.36. The van der Waals surface area contributed by atoms with Gasteiger partial charge in [-0.2, -0.15) is 10.5 Å². The van der Waals surface area contributed by atoms with E-state index >= 15 is 0 Å². The monoisotopic (exact) mass is 501 g/mol. The number of carbonyl (C=O) groups excluding carboxylic acids is 1. The predicted octanol–water partition coefficient (Wildman–Crippen LogP) is 6.96. The molecular formula is C32H24ClN3O. The van der Waals surface area contributed by atoms with Gasteiger partial charge in [-0.15, -0.1) is 0 Å². The van der Waals surface area contributed by atoms with Gasteiger partial charge in [-0.3, -0.25) is 4.79 Å². The topological polar surface area (TPSA) is 67.9 Å². The number of nitriles is 2. The molecule has 2 fully saturated rings. The number of allylic oxidation sites excluding steroid dienone is 1. The molecular weight excluding hydrogens is 478 g/mol. The van der Waals surface area contributed by atoms with Crippen molar-refractivity contribution in [2.45, 2.75) is 30.8 Å². The van der Waals surface area contributed by atoms with Crippen LogP contribution in [0.5, 0.6) is 0 Å². The fourth-order valence-corrected chi connectivity index (χ4v) is 6.36. The van der Waals surface area contributed by atoms with E-state index in [0.717, 1.165) is 35.2 Å². The van der Waals surface area contributed by atoms with E-state index in [1.807, 2.05) is 30.3 Å². The van der Waals surface area contributed by atoms with Gasteiger partial charge in [0.2, 0.25) is 0 Å². The Kier molecular flexibility index (Phi) is 5.91. The van der Waals surface area contributed by atoms with Crippen molar-refractivity contribution < 1.29 is 4.79 Å². The summed E-state index contributed by atoms with van der Waals surface area (Å²) in [6, 6.07) is 29.0. The first kappa shape index (κ1) is 23.3. The van der Waals surface area contributed by atoms with Crippen LogP contribution >= 0.6 is 11.6 Å². The summed E-state index contributed by atoms with van der Waals surface area (Å²) in [7, 11) is 0. The van der Waals surface area contributed by atoms with Crippen molar-refractivity contribution in [3.8, 4) is 12.1 Å². The smallest absolute Gasteiger partial charge is 0.185 e. The molecule has 1 aliphatic carbocycles. The molecule has 1 saturated carbocycles. The van der Waals surface area contributed by atoms with Gasteiger partial charge in [-0.25, -0.2) is 0 Å². The molecule has 0 radical (unpaired) electrons. The summed E-state index contributed by atoms with van der Waals surface area (Å²) in [6.07, 6.45) is 6.20. The lowest BCUT2D eigenvalue weighted by molar-refractivity contribution is 0.0952. The van der Waals surface area contributed by atoms with Crippen molar-refractivity contribution in [3.63, 3.8) is 0 Å². The average molecular weight is 502 g/mol. The molecule has 37 heavy (non-hydrogen) atoms. The highest BCUT2D eigenvalue weighted by Crippen LogP contribution is 2.56. The quantitative estimate of drug-likeness (QED) is 0.280. The molecule has 4 atom stereocenters. The number of halogens is 1. The molecule has 4 unspecified atom stereocenters. The first-order chi connectivity index (χ1) is 18.1. The maximum Gasteiger partial charge on any atom is 0.185 e. The number of carbonyl (C=O) groups is 1. The summed E-state index contributed by atoms with van der Waals surface area (Å²) in [5.74, 6) is -0.219. The molecule has 4 nitrogen and oxygen atoms in total. The molecule has 3 aromatic carbocycles. The van der Waals surface area contributed by atoms with Crippen LogP contribution in [0.2, 0.25) is 5.02 Å². The van der Waals surface area contributed by atoms with Crippen LogP contribution in [0.15, 0.2) is 96.1 Å². The normalized spacial score (nSPS) is 23.4. The first-order valence-electron chi connectivity index (χ1n) is 12.6. The molecule has 5 heteroatoms. The Morgan fingerprint density at radius 1 is 0.892 bits per heavy atom. The summed E-state index contributed by atoms with van der Waals surface area (Å²) in [5.41, 5.74) is 4.78. The number of anilines is 1. The number of hydrogen-bond acceptors (Lipinski definition) is 4. The van der Waals surface area contributed by atoms with Crippen molar-refractivity contribution >= 4 is 29.1 Å². The van der Waals surface area contributed by atoms with E-state index in [1.54, 1.807) is 24.3 Å². The molecule has 2 aliphatic heterocycles. The molecule has 0 spiro atoms. The van der Waals surface area contributed by atoms with Gasteiger partial charge in [0.25, 0.3) is 0 Å². The van der Waals surface area contributed by atoms with Crippen molar-refractivity contribution in [2.75, 3.05) is 4.90 Å². The second kappa shape index (κ2) is 9.40. The second-order valence-electron chi connectivity index (χ2n) is 9.92. The number of benzene rings is 3. The fraction of sp³-hybridized carbons (Fsp3) is 0.219. The van der Waals surface area contributed by atoms with Gasteiger partial charge >= 0.3 is 0 Å².